The van der Waals surface area contributed by atoms with Crippen LogP contribution in [0.1, 0.15) is 0 Å². The molecule has 24 valence electrons. The molecule has 1 aliphatic heterocycles. The van der Waals surface area contributed by atoms with Gasteiger partial charge in [-0.05, 0) is 0 Å². The maximum Gasteiger partial charge on any atom is 0.135 e. The molecular formula is C2H3BrO. The zero-order chi connectivity index (χ0) is 2.99. The molecule has 0 bridgehead atoms. The highest BCUT2D eigenvalue weighted by Crippen LogP contribution is 2.14. The molecule has 1 heterocycles. The molecule has 0 aliphatic carbocycles. The number of rotatable bonds is 0. The van der Waals surface area contributed by atoms with Gasteiger partial charge in [0, 0.05) is 0 Å². The van der Waals surface area contributed by atoms with Crippen molar-refractivity contribution in [3.8, 4) is 0 Å². The van der Waals surface area contributed by atoms with E-state index in [0.717, 1.165) is 6.61 Å². The van der Waals surface area contributed by atoms with Gasteiger partial charge in [-0.25, -0.2) is 0 Å². The first-order chi connectivity index (χ1) is 1.89. The summed E-state index contributed by atoms with van der Waals surface area (Å²) >= 11 is 3.16. The van der Waals surface area contributed by atoms with E-state index < -0.39 is 0 Å². The van der Waals surface area contributed by atoms with E-state index in [-0.39, 0.29) is 0 Å². The third-order valence-corrected chi connectivity index (χ3v) is 0.821. The Morgan fingerprint density at radius 1 is 2.00 bits per heavy atom. The standard InChI is InChI=1S/C2H3BrO/c3-2-1-4-2/h2H,1H2. The predicted molar refractivity (Wildman–Crippen MR) is 18.7 cm³/mol. The predicted octanol–water partition coefficient (Wildman–Crippen LogP) is 0.738. The van der Waals surface area contributed by atoms with Crippen molar-refractivity contribution in [3.05, 3.63) is 0 Å². The summed E-state index contributed by atoms with van der Waals surface area (Å²) in [6.07, 6.45) is 0. The zero-order valence-electron chi connectivity index (χ0n) is 2.07. The average Bonchev–Trinajstić information content (AvgIpc) is 1.75. The molecule has 0 aromatic heterocycles. The molecule has 1 nitrogen and oxygen atoms in total. The summed E-state index contributed by atoms with van der Waals surface area (Å²) in [6.45, 7) is 0.903. The quantitative estimate of drug-likeness (QED) is 0.341. The smallest absolute Gasteiger partial charge is 0.135 e. The number of halogens is 1. The lowest BCUT2D eigenvalue weighted by atomic mass is 11.0. The highest BCUT2D eigenvalue weighted by Gasteiger charge is 2.15. The Hall–Kier alpha value is 0.440. The second kappa shape index (κ2) is 0.692. The van der Waals surface area contributed by atoms with Crippen LogP contribution in [0.2, 0.25) is 0 Å². The Kier molecular flexibility index (Phi) is 0.461. The number of epoxide rings is 1. The van der Waals surface area contributed by atoms with E-state index in [1.54, 1.807) is 0 Å². The van der Waals surface area contributed by atoms with Gasteiger partial charge in [0.2, 0.25) is 0 Å². The molecule has 0 radical (unpaired) electrons. The number of ether oxygens (including phenoxy) is 1. The van der Waals surface area contributed by atoms with Crippen LogP contribution in [0.3, 0.4) is 0 Å². The van der Waals surface area contributed by atoms with E-state index in [1.807, 2.05) is 0 Å². The molecule has 0 aromatic carbocycles. The van der Waals surface area contributed by atoms with Crippen LogP contribution in [0.5, 0.6) is 0 Å². The van der Waals surface area contributed by atoms with Crippen LogP contribution in [0.4, 0.5) is 0 Å². The second-order valence-corrected chi connectivity index (χ2v) is 1.76. The van der Waals surface area contributed by atoms with E-state index >= 15 is 0 Å². The van der Waals surface area contributed by atoms with Crippen LogP contribution in [0.25, 0.3) is 0 Å². The molecule has 0 saturated carbocycles. The molecule has 1 aliphatic rings. The molecule has 1 saturated heterocycles. The fourth-order valence-corrected chi connectivity index (χ4v) is 0.189. The molecule has 2 heteroatoms. The molecular weight excluding hydrogens is 120 g/mol. The van der Waals surface area contributed by atoms with Gasteiger partial charge in [-0.3, -0.25) is 0 Å². The van der Waals surface area contributed by atoms with E-state index in [0.29, 0.717) is 5.01 Å². The van der Waals surface area contributed by atoms with Gasteiger partial charge >= 0.3 is 0 Å². The summed E-state index contributed by atoms with van der Waals surface area (Å²) in [5.41, 5.74) is 0. The van der Waals surface area contributed by atoms with Gasteiger partial charge in [-0.2, -0.15) is 0 Å². The summed E-state index contributed by atoms with van der Waals surface area (Å²) in [6, 6.07) is 0. The van der Waals surface area contributed by atoms with Gasteiger partial charge in [-0.15, -0.1) is 0 Å². The lowest BCUT2D eigenvalue weighted by Crippen LogP contribution is -1.49. The van der Waals surface area contributed by atoms with Gasteiger partial charge in [0.05, 0.1) is 6.61 Å². The fraction of sp³-hybridized carbons (Fsp3) is 1.00. The van der Waals surface area contributed by atoms with Crippen LogP contribution in [-0.4, -0.2) is 11.6 Å². The van der Waals surface area contributed by atoms with Crippen molar-refractivity contribution in [2.24, 2.45) is 0 Å². The lowest BCUT2D eigenvalue weighted by molar-refractivity contribution is 0.463. The van der Waals surface area contributed by atoms with Gasteiger partial charge in [0.1, 0.15) is 5.01 Å². The lowest BCUT2D eigenvalue weighted by Gasteiger charge is -1.48. The Morgan fingerprint density at radius 2 is 2.25 bits per heavy atom. The first-order valence-corrected chi connectivity index (χ1v) is 2.07. The van der Waals surface area contributed by atoms with Crippen LogP contribution in [0, 0.1) is 0 Å². The molecule has 1 unspecified atom stereocenters. The highest BCUT2D eigenvalue weighted by atomic mass is 79.9. The fourth-order valence-electron chi connectivity index (χ4n) is 0.0364. The van der Waals surface area contributed by atoms with Crippen molar-refractivity contribution in [2.45, 2.75) is 5.01 Å². The minimum atomic E-state index is 0.396. The highest BCUT2D eigenvalue weighted by molar-refractivity contribution is 9.09. The maximum absolute atomic E-state index is 4.62. The molecule has 0 aromatic rings. The second-order valence-electron chi connectivity index (χ2n) is 0.743. The largest absolute Gasteiger partial charge is 0.361 e. The minimum absolute atomic E-state index is 0.396. The first kappa shape index (κ1) is 2.67. The van der Waals surface area contributed by atoms with E-state index in [2.05, 4.69) is 20.7 Å². The topological polar surface area (TPSA) is 12.5 Å². The number of hydrogen-bond acceptors (Lipinski definition) is 1. The van der Waals surface area contributed by atoms with E-state index in [9.17, 15) is 0 Å². The number of hydrogen-bond donors (Lipinski definition) is 0. The van der Waals surface area contributed by atoms with Crippen LogP contribution in [0.15, 0.2) is 0 Å². The summed E-state index contributed by atoms with van der Waals surface area (Å²) in [5.74, 6) is 0. The summed E-state index contributed by atoms with van der Waals surface area (Å²) < 4.78 is 4.62. The maximum atomic E-state index is 4.62. The Bertz CT molecular complexity index is 25.2. The summed E-state index contributed by atoms with van der Waals surface area (Å²) in [5, 5.41) is 0.396. The SMILES string of the molecule is BrC1CO1. The number of alkyl halides is 1. The molecule has 1 fully saturated rings. The summed E-state index contributed by atoms with van der Waals surface area (Å²) in [7, 11) is 0. The van der Waals surface area contributed by atoms with Crippen molar-refractivity contribution in [3.63, 3.8) is 0 Å². The minimum Gasteiger partial charge on any atom is -0.361 e. The molecule has 1 atom stereocenters. The van der Waals surface area contributed by atoms with Crippen molar-refractivity contribution in [1.29, 1.82) is 0 Å². The summed E-state index contributed by atoms with van der Waals surface area (Å²) in [4.78, 5) is 0. The van der Waals surface area contributed by atoms with E-state index in [4.69, 9.17) is 0 Å². The van der Waals surface area contributed by atoms with Crippen molar-refractivity contribution in [2.75, 3.05) is 6.61 Å². The molecule has 4 heavy (non-hydrogen) atoms. The molecule has 1 rings (SSSR count). The first-order valence-electron chi connectivity index (χ1n) is 1.15. The van der Waals surface area contributed by atoms with Crippen molar-refractivity contribution >= 4 is 15.9 Å². The Labute approximate surface area is 33.1 Å². The van der Waals surface area contributed by atoms with Crippen LogP contribution < -0.4 is 0 Å². The van der Waals surface area contributed by atoms with Crippen LogP contribution in [-0.2, 0) is 4.74 Å². The molecule has 0 spiro atoms. The van der Waals surface area contributed by atoms with E-state index in [1.165, 1.54) is 0 Å². The zero-order valence-corrected chi connectivity index (χ0v) is 3.66. The van der Waals surface area contributed by atoms with Gasteiger partial charge < -0.3 is 4.74 Å². The third kappa shape index (κ3) is 0.428. The Balaban J connectivity index is 2.17. The normalized spacial score (nSPS) is 39.8. The van der Waals surface area contributed by atoms with Gasteiger partial charge in [-0.1, -0.05) is 15.9 Å². The monoisotopic (exact) mass is 122 g/mol. The molecule has 0 N–H and O–H groups in total. The van der Waals surface area contributed by atoms with Crippen molar-refractivity contribution < 1.29 is 4.74 Å². The van der Waals surface area contributed by atoms with Gasteiger partial charge in [0.25, 0.3) is 0 Å². The Morgan fingerprint density at radius 3 is 2.25 bits per heavy atom. The average molecular weight is 123 g/mol. The van der Waals surface area contributed by atoms with Crippen LogP contribution >= 0.6 is 15.9 Å². The van der Waals surface area contributed by atoms with Crippen molar-refractivity contribution in [1.82, 2.24) is 0 Å². The molecule has 0 amide bonds. The third-order valence-electron chi connectivity index (χ3n) is 0.293. The van der Waals surface area contributed by atoms with Gasteiger partial charge in [0.15, 0.2) is 0 Å².